The van der Waals surface area contributed by atoms with Gasteiger partial charge in [0, 0.05) is 6.54 Å². The smallest absolute Gasteiger partial charge is 0.283 e. The molecular formula is C7H8F3N3. The minimum Gasteiger partial charge on any atom is -0.396 e. The van der Waals surface area contributed by atoms with Gasteiger partial charge in [0.15, 0.2) is 5.82 Å². The van der Waals surface area contributed by atoms with Crippen LogP contribution in [0.1, 0.15) is 17.8 Å². The molecule has 0 aliphatic carbocycles. The average Bonchev–Trinajstić information content (AvgIpc) is 2.09. The van der Waals surface area contributed by atoms with Gasteiger partial charge in [0.2, 0.25) is 0 Å². The third-order valence-electron chi connectivity index (χ3n) is 1.48. The summed E-state index contributed by atoms with van der Waals surface area (Å²) >= 11 is 0. The van der Waals surface area contributed by atoms with Crippen molar-refractivity contribution in [2.75, 3.05) is 5.73 Å². The zero-order valence-corrected chi connectivity index (χ0v) is 6.60. The first kappa shape index (κ1) is 9.79. The summed E-state index contributed by atoms with van der Waals surface area (Å²) in [7, 11) is 0. The van der Waals surface area contributed by atoms with Crippen molar-refractivity contribution >= 4 is 5.69 Å². The number of nitrogen functional groups attached to an aromatic ring is 1. The lowest BCUT2D eigenvalue weighted by Gasteiger charge is -2.05. The van der Waals surface area contributed by atoms with Crippen molar-refractivity contribution in [1.82, 2.24) is 4.98 Å². The van der Waals surface area contributed by atoms with E-state index in [-0.39, 0.29) is 17.9 Å². The van der Waals surface area contributed by atoms with Gasteiger partial charge in [0.05, 0.1) is 11.4 Å². The highest BCUT2D eigenvalue weighted by Crippen LogP contribution is 2.24. The Hall–Kier alpha value is -1.30. The molecule has 0 unspecified atom stereocenters. The summed E-state index contributed by atoms with van der Waals surface area (Å²) in [5.41, 5.74) is 9.13. The van der Waals surface area contributed by atoms with Crippen LogP contribution in [0.15, 0.2) is 6.07 Å². The number of nitrogens with two attached hydrogens (primary N) is 2. The number of aromatic nitrogens is 1. The van der Waals surface area contributed by atoms with Gasteiger partial charge in [-0.1, -0.05) is 0 Å². The Kier molecular flexibility index (Phi) is 2.72. The molecule has 4 N–H and O–H groups in total. The molecule has 1 aromatic rings. The molecule has 1 aromatic heterocycles. The highest BCUT2D eigenvalue weighted by Gasteiger charge is 2.18. The van der Waals surface area contributed by atoms with Crippen molar-refractivity contribution in [3.05, 3.63) is 23.3 Å². The molecule has 13 heavy (non-hydrogen) atoms. The lowest BCUT2D eigenvalue weighted by atomic mass is 10.2. The molecule has 0 aliphatic heterocycles. The van der Waals surface area contributed by atoms with E-state index in [4.69, 9.17) is 11.5 Å². The fraction of sp³-hybridized carbons (Fsp3) is 0.286. The second-order valence-electron chi connectivity index (χ2n) is 2.41. The van der Waals surface area contributed by atoms with E-state index in [2.05, 4.69) is 4.98 Å². The van der Waals surface area contributed by atoms with Gasteiger partial charge in [-0.3, -0.25) is 0 Å². The third-order valence-corrected chi connectivity index (χ3v) is 1.48. The van der Waals surface area contributed by atoms with Gasteiger partial charge in [0.1, 0.15) is 5.69 Å². The molecule has 0 amide bonds. The van der Waals surface area contributed by atoms with Gasteiger partial charge in [-0.25, -0.2) is 18.2 Å². The molecule has 0 aromatic carbocycles. The van der Waals surface area contributed by atoms with E-state index in [9.17, 15) is 13.2 Å². The van der Waals surface area contributed by atoms with E-state index in [1.807, 2.05) is 0 Å². The van der Waals surface area contributed by atoms with Crippen LogP contribution in [0.2, 0.25) is 0 Å². The van der Waals surface area contributed by atoms with E-state index in [1.165, 1.54) is 0 Å². The molecule has 0 fully saturated rings. The number of rotatable bonds is 2. The zero-order valence-electron chi connectivity index (χ0n) is 6.60. The van der Waals surface area contributed by atoms with E-state index in [1.54, 1.807) is 0 Å². The topological polar surface area (TPSA) is 64.9 Å². The molecule has 72 valence electrons. The second kappa shape index (κ2) is 3.61. The molecule has 0 aliphatic rings. The minimum absolute atomic E-state index is 0.0514. The Morgan fingerprint density at radius 3 is 2.54 bits per heavy atom. The Bertz CT molecular complexity index is 314. The van der Waals surface area contributed by atoms with Crippen LogP contribution >= 0.6 is 0 Å². The van der Waals surface area contributed by atoms with Crippen LogP contribution in [0.3, 0.4) is 0 Å². The van der Waals surface area contributed by atoms with Crippen molar-refractivity contribution in [3.63, 3.8) is 0 Å². The summed E-state index contributed by atoms with van der Waals surface area (Å²) in [5, 5.41) is 0. The van der Waals surface area contributed by atoms with Crippen molar-refractivity contribution in [2.45, 2.75) is 13.0 Å². The predicted molar refractivity (Wildman–Crippen MR) is 41.5 cm³/mol. The number of pyridine rings is 1. The summed E-state index contributed by atoms with van der Waals surface area (Å²) in [6.07, 6.45) is -2.98. The summed E-state index contributed by atoms with van der Waals surface area (Å²) in [6, 6.07) is 1.14. The summed E-state index contributed by atoms with van der Waals surface area (Å²) in [5.74, 6) is -1.17. The monoisotopic (exact) mass is 191 g/mol. The van der Waals surface area contributed by atoms with Crippen LogP contribution in [0.4, 0.5) is 18.9 Å². The zero-order chi connectivity index (χ0) is 10.0. The number of alkyl halides is 2. The first-order chi connectivity index (χ1) is 6.06. The van der Waals surface area contributed by atoms with Gasteiger partial charge < -0.3 is 11.5 Å². The predicted octanol–water partition coefficient (Wildman–Crippen LogP) is 1.20. The molecule has 0 saturated heterocycles. The van der Waals surface area contributed by atoms with Crippen LogP contribution < -0.4 is 11.5 Å². The van der Waals surface area contributed by atoms with Gasteiger partial charge in [-0.05, 0) is 6.07 Å². The van der Waals surface area contributed by atoms with Crippen LogP contribution in [0.5, 0.6) is 0 Å². The maximum atomic E-state index is 12.9. The molecule has 3 nitrogen and oxygen atoms in total. The van der Waals surface area contributed by atoms with Gasteiger partial charge in [-0.15, -0.1) is 0 Å². The normalized spacial score (nSPS) is 10.8. The molecule has 0 atom stereocenters. The molecule has 0 radical (unpaired) electrons. The minimum atomic E-state index is -2.98. The fourth-order valence-corrected chi connectivity index (χ4v) is 0.876. The maximum Gasteiger partial charge on any atom is 0.283 e. The quantitative estimate of drug-likeness (QED) is 0.738. The largest absolute Gasteiger partial charge is 0.396 e. The molecule has 0 spiro atoms. The highest BCUT2D eigenvalue weighted by atomic mass is 19.3. The van der Waals surface area contributed by atoms with Crippen molar-refractivity contribution in [3.8, 4) is 0 Å². The Morgan fingerprint density at radius 1 is 1.46 bits per heavy atom. The Labute approximate surface area is 72.6 Å². The van der Waals surface area contributed by atoms with Gasteiger partial charge in [0.25, 0.3) is 6.43 Å². The van der Waals surface area contributed by atoms with Gasteiger partial charge in [-0.2, -0.15) is 0 Å². The van der Waals surface area contributed by atoms with E-state index >= 15 is 0 Å². The lowest BCUT2D eigenvalue weighted by molar-refractivity contribution is 0.140. The van der Waals surface area contributed by atoms with Crippen LogP contribution in [-0.4, -0.2) is 4.98 Å². The van der Waals surface area contributed by atoms with Crippen LogP contribution in [0.25, 0.3) is 0 Å². The standard InChI is InChI=1S/C7H8F3N3/c8-5-4(12)1-3(2-11)13-6(5)7(9)10/h1,7H,2,11H2,(H2,12,13). The number of hydrogen-bond donors (Lipinski definition) is 2. The average molecular weight is 191 g/mol. The molecule has 1 heterocycles. The molecule has 0 saturated carbocycles. The summed E-state index contributed by atoms with van der Waals surface area (Å²) < 4.78 is 37.1. The molecule has 1 rings (SSSR count). The summed E-state index contributed by atoms with van der Waals surface area (Å²) in [6.45, 7) is -0.0514. The highest BCUT2D eigenvalue weighted by molar-refractivity contribution is 5.42. The summed E-state index contributed by atoms with van der Waals surface area (Å²) in [4.78, 5) is 3.32. The van der Waals surface area contributed by atoms with Crippen molar-refractivity contribution in [2.24, 2.45) is 5.73 Å². The number of nitrogens with zero attached hydrogens (tertiary/aromatic N) is 1. The molecule has 0 bridgehead atoms. The van der Waals surface area contributed by atoms with E-state index in [0.29, 0.717) is 0 Å². The number of halogens is 3. The number of hydrogen-bond acceptors (Lipinski definition) is 3. The molecular weight excluding hydrogens is 183 g/mol. The van der Waals surface area contributed by atoms with Crippen LogP contribution in [-0.2, 0) is 6.54 Å². The van der Waals surface area contributed by atoms with Crippen molar-refractivity contribution in [1.29, 1.82) is 0 Å². The lowest BCUT2D eigenvalue weighted by Crippen LogP contribution is -2.07. The van der Waals surface area contributed by atoms with E-state index in [0.717, 1.165) is 6.07 Å². The maximum absolute atomic E-state index is 12.9. The van der Waals surface area contributed by atoms with Gasteiger partial charge >= 0.3 is 0 Å². The Balaban J connectivity index is 3.25. The first-order valence-electron chi connectivity index (χ1n) is 3.49. The van der Waals surface area contributed by atoms with E-state index < -0.39 is 17.9 Å². The van der Waals surface area contributed by atoms with Crippen molar-refractivity contribution < 1.29 is 13.2 Å². The third kappa shape index (κ3) is 1.89. The van der Waals surface area contributed by atoms with Crippen LogP contribution in [0, 0.1) is 5.82 Å². The SMILES string of the molecule is NCc1cc(N)c(F)c(C(F)F)n1. The molecule has 6 heteroatoms. The number of anilines is 1. The Morgan fingerprint density at radius 2 is 2.08 bits per heavy atom. The fourth-order valence-electron chi connectivity index (χ4n) is 0.876. The second-order valence-corrected chi connectivity index (χ2v) is 2.41. The first-order valence-corrected chi connectivity index (χ1v) is 3.49.